The molecule has 2 aliphatic heterocycles. The van der Waals surface area contributed by atoms with E-state index in [-0.39, 0.29) is 11.8 Å². The topological polar surface area (TPSA) is 72.8 Å². The van der Waals surface area contributed by atoms with Crippen LogP contribution in [0.25, 0.3) is 5.69 Å². The van der Waals surface area contributed by atoms with Crippen LogP contribution in [0.1, 0.15) is 27.9 Å². The molecule has 164 valence electrons. The molecular formula is C25H25N3O4. The van der Waals surface area contributed by atoms with Crippen molar-refractivity contribution in [2.24, 2.45) is 0 Å². The van der Waals surface area contributed by atoms with Gasteiger partial charge in [-0.15, -0.1) is 0 Å². The molecule has 7 heteroatoms. The van der Waals surface area contributed by atoms with Gasteiger partial charge in [0.25, 0.3) is 5.91 Å². The molecule has 0 atom stereocenters. The lowest BCUT2D eigenvalue weighted by Gasteiger charge is -2.28. The fourth-order valence-electron chi connectivity index (χ4n) is 4.35. The van der Waals surface area contributed by atoms with Crippen molar-refractivity contribution in [1.82, 2.24) is 9.88 Å². The Hall–Kier alpha value is -3.42. The molecule has 0 unspecified atom stereocenters. The first-order valence-corrected chi connectivity index (χ1v) is 10.8. The van der Waals surface area contributed by atoms with Crippen molar-refractivity contribution in [3.05, 3.63) is 83.7 Å². The van der Waals surface area contributed by atoms with Crippen molar-refractivity contribution in [2.45, 2.75) is 18.6 Å². The lowest BCUT2D eigenvalue weighted by atomic mass is 9.98. The number of carbonyl (C=O) groups excluding carboxylic acids is 2. The lowest BCUT2D eigenvalue weighted by Crippen LogP contribution is -2.34. The van der Waals surface area contributed by atoms with Crippen LogP contribution in [0.15, 0.2) is 67.0 Å². The Morgan fingerprint density at radius 2 is 1.78 bits per heavy atom. The zero-order valence-corrected chi connectivity index (χ0v) is 17.9. The predicted octanol–water partition coefficient (Wildman–Crippen LogP) is 3.02. The summed E-state index contributed by atoms with van der Waals surface area (Å²) in [5.74, 6) is -0.974. The number of nitrogens with zero attached hydrogens (tertiary/aromatic N) is 2. The third kappa shape index (κ3) is 3.70. The Balaban J connectivity index is 1.25. The molecule has 1 saturated heterocycles. The number of anilines is 1. The molecule has 3 aromatic rings. The number of rotatable bonds is 6. The monoisotopic (exact) mass is 431 g/mol. The molecule has 0 saturated carbocycles. The van der Waals surface area contributed by atoms with E-state index in [1.165, 1.54) is 0 Å². The molecule has 32 heavy (non-hydrogen) atoms. The molecule has 0 aliphatic carbocycles. The number of hydrogen-bond donors (Lipinski definition) is 1. The minimum Gasteiger partial charge on any atom is -0.352 e. The van der Waals surface area contributed by atoms with Crippen molar-refractivity contribution in [3.8, 4) is 5.69 Å². The number of nitrogens with one attached hydrogen (secondary N) is 1. The number of hydrogen-bond acceptors (Lipinski definition) is 4. The van der Waals surface area contributed by atoms with Crippen LogP contribution < -0.4 is 10.2 Å². The summed E-state index contributed by atoms with van der Waals surface area (Å²) in [7, 11) is 1.78. The molecule has 1 fully saturated rings. The summed E-state index contributed by atoms with van der Waals surface area (Å²) in [4.78, 5) is 26.3. The highest BCUT2D eigenvalue weighted by atomic mass is 16.7. The van der Waals surface area contributed by atoms with E-state index in [4.69, 9.17) is 9.47 Å². The Morgan fingerprint density at radius 3 is 2.50 bits per heavy atom. The summed E-state index contributed by atoms with van der Waals surface area (Å²) < 4.78 is 14.0. The molecular weight excluding hydrogens is 406 g/mol. The summed E-state index contributed by atoms with van der Waals surface area (Å²) >= 11 is 0. The molecule has 0 bridgehead atoms. The first-order chi connectivity index (χ1) is 15.6. The summed E-state index contributed by atoms with van der Waals surface area (Å²) in [6.07, 6.45) is 4.78. The van der Waals surface area contributed by atoms with E-state index in [0.717, 1.165) is 22.5 Å². The van der Waals surface area contributed by atoms with E-state index in [0.29, 0.717) is 38.2 Å². The van der Waals surface area contributed by atoms with Gasteiger partial charge in [-0.25, -0.2) is 0 Å². The Morgan fingerprint density at radius 1 is 1.06 bits per heavy atom. The van der Waals surface area contributed by atoms with Crippen molar-refractivity contribution in [3.63, 3.8) is 0 Å². The van der Waals surface area contributed by atoms with Gasteiger partial charge in [-0.1, -0.05) is 6.07 Å². The SMILES string of the molecule is CN1C(=O)Cc2cc(C3(CCNC(=O)c4ccc(-n5cccc5)cc4)OCCO3)ccc21. The van der Waals surface area contributed by atoms with Crippen LogP contribution in [-0.4, -0.2) is 43.2 Å². The smallest absolute Gasteiger partial charge is 0.251 e. The predicted molar refractivity (Wildman–Crippen MR) is 120 cm³/mol. The number of likely N-dealkylation sites (N-methyl/N-ethyl adjacent to an activating group) is 1. The van der Waals surface area contributed by atoms with Gasteiger partial charge in [-0.05, 0) is 54.1 Å². The van der Waals surface area contributed by atoms with Crippen molar-refractivity contribution in [1.29, 1.82) is 0 Å². The maximum absolute atomic E-state index is 12.6. The van der Waals surface area contributed by atoms with Crippen molar-refractivity contribution in [2.75, 3.05) is 31.7 Å². The highest BCUT2D eigenvalue weighted by Crippen LogP contribution is 2.38. The molecule has 1 aromatic heterocycles. The molecule has 5 rings (SSSR count). The summed E-state index contributed by atoms with van der Waals surface area (Å²) in [6, 6.07) is 17.3. The molecule has 2 aliphatic rings. The van der Waals surface area contributed by atoms with Gasteiger partial charge in [0, 0.05) is 54.9 Å². The summed E-state index contributed by atoms with van der Waals surface area (Å²) in [5.41, 5.74) is 4.37. The van der Waals surface area contributed by atoms with Gasteiger partial charge in [0.2, 0.25) is 5.91 Å². The third-order valence-electron chi connectivity index (χ3n) is 6.12. The Kier molecular flexibility index (Phi) is 5.28. The molecule has 7 nitrogen and oxygen atoms in total. The van der Waals surface area contributed by atoms with Crippen LogP contribution in [0.5, 0.6) is 0 Å². The first kappa shape index (κ1) is 20.5. The van der Waals surface area contributed by atoms with Crippen LogP contribution in [0.4, 0.5) is 5.69 Å². The van der Waals surface area contributed by atoms with Gasteiger partial charge in [0.05, 0.1) is 19.6 Å². The maximum atomic E-state index is 12.6. The van der Waals surface area contributed by atoms with E-state index in [1.54, 1.807) is 11.9 Å². The second-order valence-corrected chi connectivity index (χ2v) is 8.07. The largest absolute Gasteiger partial charge is 0.352 e. The summed E-state index contributed by atoms with van der Waals surface area (Å²) in [5, 5.41) is 2.97. The van der Waals surface area contributed by atoms with Crippen LogP contribution in [-0.2, 0) is 26.5 Å². The minimum atomic E-state index is -0.912. The molecule has 1 N–H and O–H groups in total. The molecule has 0 radical (unpaired) electrons. The van der Waals surface area contributed by atoms with E-state index in [9.17, 15) is 9.59 Å². The molecule has 3 heterocycles. The number of fused-ring (bicyclic) bond motifs is 1. The average molecular weight is 431 g/mol. The second kappa shape index (κ2) is 8.26. The maximum Gasteiger partial charge on any atom is 0.251 e. The second-order valence-electron chi connectivity index (χ2n) is 8.07. The highest BCUT2D eigenvalue weighted by molar-refractivity contribution is 6.01. The van der Waals surface area contributed by atoms with Crippen LogP contribution in [0.3, 0.4) is 0 Å². The third-order valence-corrected chi connectivity index (χ3v) is 6.12. The average Bonchev–Trinajstić information content (AvgIpc) is 3.56. The zero-order chi connectivity index (χ0) is 22.1. The van der Waals surface area contributed by atoms with Gasteiger partial charge >= 0.3 is 0 Å². The van der Waals surface area contributed by atoms with Crippen LogP contribution in [0.2, 0.25) is 0 Å². The van der Waals surface area contributed by atoms with E-state index in [2.05, 4.69) is 5.32 Å². The standard InChI is InChI=1S/C25H25N3O4/c1-27-22-9-6-20(16-19(22)17-23(27)29)25(31-14-15-32-25)10-11-26-24(30)18-4-7-21(8-5-18)28-12-2-3-13-28/h2-9,12-13,16H,10-11,14-15,17H2,1H3,(H,26,30). The number of ether oxygens (including phenoxy) is 2. The highest BCUT2D eigenvalue weighted by Gasteiger charge is 2.39. The summed E-state index contributed by atoms with van der Waals surface area (Å²) in [6.45, 7) is 1.38. The van der Waals surface area contributed by atoms with E-state index >= 15 is 0 Å². The fourth-order valence-corrected chi connectivity index (χ4v) is 4.35. The van der Waals surface area contributed by atoms with Gasteiger partial charge < -0.3 is 24.3 Å². The Labute approximate surface area is 186 Å². The van der Waals surface area contributed by atoms with Gasteiger partial charge in [-0.2, -0.15) is 0 Å². The quantitative estimate of drug-likeness (QED) is 0.651. The lowest BCUT2D eigenvalue weighted by molar-refractivity contribution is -0.169. The first-order valence-electron chi connectivity index (χ1n) is 10.8. The van der Waals surface area contributed by atoms with Gasteiger partial charge in [0.15, 0.2) is 5.79 Å². The Bertz CT molecular complexity index is 1130. The fraction of sp³-hybridized carbons (Fsp3) is 0.280. The van der Waals surface area contributed by atoms with Gasteiger partial charge in [0.1, 0.15) is 0 Å². The number of benzene rings is 2. The van der Waals surface area contributed by atoms with Crippen LogP contribution in [0, 0.1) is 0 Å². The number of amides is 2. The normalized spacial score (nSPS) is 16.9. The van der Waals surface area contributed by atoms with E-state index in [1.807, 2.05) is 71.6 Å². The van der Waals surface area contributed by atoms with Crippen molar-refractivity contribution < 1.29 is 19.1 Å². The zero-order valence-electron chi connectivity index (χ0n) is 17.9. The molecule has 2 aromatic carbocycles. The van der Waals surface area contributed by atoms with Crippen LogP contribution >= 0.6 is 0 Å². The molecule has 0 spiro atoms. The van der Waals surface area contributed by atoms with E-state index < -0.39 is 5.79 Å². The minimum absolute atomic E-state index is 0.0783. The number of aromatic nitrogens is 1. The van der Waals surface area contributed by atoms with Crippen molar-refractivity contribution >= 4 is 17.5 Å². The van der Waals surface area contributed by atoms with Gasteiger partial charge in [-0.3, -0.25) is 9.59 Å². The number of carbonyl (C=O) groups is 2. The molecule has 2 amide bonds.